The van der Waals surface area contributed by atoms with E-state index < -0.39 is 13.6 Å². The molecule has 0 saturated heterocycles. The summed E-state index contributed by atoms with van der Waals surface area (Å²) in [6.45, 7) is 12.3. The molecular formula is C26H59CrO4Si-2. The normalized spacial score (nSPS) is 10.4. The Morgan fingerprint density at radius 1 is 0.469 bits per heavy atom. The van der Waals surface area contributed by atoms with Crippen molar-refractivity contribution in [3.63, 3.8) is 0 Å². The van der Waals surface area contributed by atoms with Gasteiger partial charge in [-0.25, -0.2) is 0 Å². The molecule has 32 heavy (non-hydrogen) atoms. The number of unbranched alkanes of at least 4 members (excludes halogenated alkanes) is 20. The van der Waals surface area contributed by atoms with Gasteiger partial charge in [-0.05, 0) is 11.0 Å². The fraction of sp³-hybridized carbons (Fsp3) is 0.923. The Morgan fingerprint density at radius 3 is 0.781 bits per heavy atom. The van der Waals surface area contributed by atoms with Crippen molar-refractivity contribution < 1.29 is 29.5 Å². The van der Waals surface area contributed by atoms with Crippen molar-refractivity contribution in [2.45, 2.75) is 155 Å². The van der Waals surface area contributed by atoms with E-state index >= 15 is 0 Å². The van der Waals surface area contributed by atoms with E-state index in [0.717, 1.165) is 12.8 Å². The summed E-state index contributed by atoms with van der Waals surface area (Å²) >= 11 is -5.25. The molecule has 0 rings (SSSR count). The molecule has 0 unspecified atom stereocenters. The van der Waals surface area contributed by atoms with Crippen LogP contribution in [0, 0.1) is 13.8 Å². The molecule has 6 heteroatoms. The second kappa shape index (κ2) is 35.9. The van der Waals surface area contributed by atoms with Gasteiger partial charge in [-0.1, -0.05) is 142 Å². The van der Waals surface area contributed by atoms with E-state index in [9.17, 15) is 0 Å². The SMILES string of the molecule is [CH2-]CCCCCCCCCCCC.[CH2-]CCCCCCCCCCCC.[O]=[Cr](=[O])([OH])[OH].[SiH3]. The Hall–Kier alpha value is 0.269. The van der Waals surface area contributed by atoms with Gasteiger partial charge >= 0.3 is 29.5 Å². The maximum absolute atomic E-state index is 8.82. The summed E-state index contributed by atoms with van der Waals surface area (Å²) in [5, 5.41) is 0. The molecule has 0 spiro atoms. The molecule has 1 radical (unpaired) electrons. The van der Waals surface area contributed by atoms with Crippen LogP contribution in [0.15, 0.2) is 0 Å². The fourth-order valence-electron chi connectivity index (χ4n) is 3.33. The first-order valence-electron chi connectivity index (χ1n) is 13.1. The molecule has 2 N–H and O–H groups in total. The van der Waals surface area contributed by atoms with Gasteiger partial charge in [0.2, 0.25) is 0 Å². The molecule has 0 bridgehead atoms. The summed E-state index contributed by atoms with van der Waals surface area (Å²) in [7, 11) is 0. The molecule has 0 saturated carbocycles. The van der Waals surface area contributed by atoms with Gasteiger partial charge in [-0.2, -0.15) is 12.8 Å². The summed E-state index contributed by atoms with van der Waals surface area (Å²) in [6, 6.07) is 0. The van der Waals surface area contributed by atoms with Crippen LogP contribution in [0.3, 0.4) is 0 Å². The topological polar surface area (TPSA) is 74.6 Å². The Morgan fingerprint density at radius 2 is 0.625 bits per heavy atom. The van der Waals surface area contributed by atoms with Gasteiger partial charge < -0.3 is 13.8 Å². The van der Waals surface area contributed by atoms with Crippen molar-refractivity contribution >= 4 is 11.0 Å². The molecule has 0 fully saturated rings. The maximum atomic E-state index is 8.82. The molecule has 0 aromatic carbocycles. The standard InChI is InChI=1S/2C13H27.Cr.2H2O.2O.H3Si/c2*1-3-5-7-9-11-13-12-10-8-6-4-2;;;;;;/h2*1,3-13H2,2H3;;2*1H2;;;1H3/q2*-1;+2;;;;;/p-2. The molecule has 199 valence electrons. The molecule has 0 amide bonds. The van der Waals surface area contributed by atoms with Crippen molar-refractivity contribution in [2.75, 3.05) is 0 Å². The van der Waals surface area contributed by atoms with Crippen molar-refractivity contribution in [3.05, 3.63) is 13.8 Å². The summed E-state index contributed by atoms with van der Waals surface area (Å²) < 4.78 is 31.9. The van der Waals surface area contributed by atoms with Crippen molar-refractivity contribution in [1.82, 2.24) is 0 Å². The van der Waals surface area contributed by atoms with E-state index in [2.05, 4.69) is 27.7 Å². The van der Waals surface area contributed by atoms with Crippen molar-refractivity contribution in [1.29, 1.82) is 0 Å². The maximum Gasteiger partial charge on any atom is -0.0125 e. The average Bonchev–Trinajstić information content (AvgIpc) is 2.71. The zero-order valence-electron chi connectivity index (χ0n) is 22.1. The van der Waals surface area contributed by atoms with E-state index in [1.54, 1.807) is 0 Å². The largest absolute Gasteiger partial charge is 0.0125 e. The first-order chi connectivity index (χ1) is 14.8. The van der Waals surface area contributed by atoms with E-state index in [0.29, 0.717) is 0 Å². The van der Waals surface area contributed by atoms with Crippen LogP contribution in [-0.2, 0) is 21.2 Å². The van der Waals surface area contributed by atoms with Crippen LogP contribution in [0.4, 0.5) is 0 Å². The Labute approximate surface area is 209 Å². The smallest absolute Gasteiger partial charge is 0.0125 e. The molecule has 4 nitrogen and oxygen atoms in total. The molecule has 0 aliphatic carbocycles. The van der Waals surface area contributed by atoms with Crippen LogP contribution >= 0.6 is 0 Å². The van der Waals surface area contributed by atoms with Gasteiger partial charge in [-0.15, -0.1) is 0 Å². The molecule has 0 aliphatic heterocycles. The summed E-state index contributed by atoms with van der Waals surface area (Å²) in [5.74, 6) is 0. The number of rotatable bonds is 20. The van der Waals surface area contributed by atoms with E-state index in [1.807, 2.05) is 0 Å². The summed E-state index contributed by atoms with van der Waals surface area (Å²) in [6.07, 6.45) is 30.7. The minimum Gasteiger partial charge on any atom is -0.0125 e. The van der Waals surface area contributed by atoms with Gasteiger partial charge in [0.1, 0.15) is 0 Å². The summed E-state index contributed by atoms with van der Waals surface area (Å²) in [5.41, 5.74) is 0. The first-order valence-corrected chi connectivity index (χ1v) is 15.3. The van der Waals surface area contributed by atoms with Gasteiger partial charge in [0.15, 0.2) is 0 Å². The number of hydrogen-bond acceptors (Lipinski definition) is 2. The monoisotopic (exact) mass is 515 g/mol. The minimum atomic E-state index is -5.25. The molecule has 0 aromatic rings. The van der Waals surface area contributed by atoms with E-state index in [1.165, 1.54) is 128 Å². The van der Waals surface area contributed by atoms with Crippen molar-refractivity contribution in [2.24, 2.45) is 0 Å². The molecule has 0 heterocycles. The number of hydrogen-bond donors (Lipinski definition) is 2. The van der Waals surface area contributed by atoms with Crippen LogP contribution < -0.4 is 0 Å². The van der Waals surface area contributed by atoms with Gasteiger partial charge in [0.25, 0.3) is 0 Å². The van der Waals surface area contributed by atoms with Crippen LogP contribution in [-0.4, -0.2) is 19.3 Å². The minimum absolute atomic E-state index is 0. The molecule has 0 aromatic heterocycles. The van der Waals surface area contributed by atoms with Crippen LogP contribution in [0.25, 0.3) is 0 Å². The third-order valence-corrected chi connectivity index (χ3v) is 5.21. The average molecular weight is 516 g/mol. The Kier molecular flexibility index (Phi) is 44.2. The Bertz CT molecular complexity index is 339. The predicted molar refractivity (Wildman–Crippen MR) is 139 cm³/mol. The van der Waals surface area contributed by atoms with Crippen LogP contribution in [0.2, 0.25) is 0 Å². The van der Waals surface area contributed by atoms with Crippen molar-refractivity contribution in [3.8, 4) is 0 Å². The predicted octanol–water partition coefficient (Wildman–Crippen LogP) is 7.72. The fourth-order valence-corrected chi connectivity index (χ4v) is 3.33. The second-order valence-corrected chi connectivity index (χ2v) is 9.92. The van der Waals surface area contributed by atoms with Gasteiger partial charge in [0.05, 0.1) is 0 Å². The summed E-state index contributed by atoms with van der Waals surface area (Å²) in [4.78, 5) is 0. The molecule has 0 atom stereocenters. The van der Waals surface area contributed by atoms with Gasteiger partial charge in [-0.3, -0.25) is 0 Å². The van der Waals surface area contributed by atoms with E-state index in [-0.39, 0.29) is 11.0 Å². The molecule has 0 aliphatic rings. The third kappa shape index (κ3) is 63.1. The van der Waals surface area contributed by atoms with E-state index in [4.69, 9.17) is 15.9 Å². The van der Waals surface area contributed by atoms with Crippen LogP contribution in [0.1, 0.15) is 155 Å². The Balaban J connectivity index is -0.000000198. The third-order valence-electron chi connectivity index (χ3n) is 5.21. The first kappa shape index (κ1) is 39.5. The second-order valence-electron chi connectivity index (χ2n) is 8.52. The zero-order chi connectivity index (χ0) is 24.1. The van der Waals surface area contributed by atoms with Gasteiger partial charge in [0, 0.05) is 0 Å². The quantitative estimate of drug-likeness (QED) is 0.0988. The van der Waals surface area contributed by atoms with Crippen LogP contribution in [0.5, 0.6) is 0 Å². The zero-order valence-corrected chi connectivity index (χ0v) is 25.4. The molecular weight excluding hydrogens is 456 g/mol.